The Morgan fingerprint density at radius 2 is 2.37 bits per heavy atom. The minimum atomic E-state index is -2.50. The summed E-state index contributed by atoms with van der Waals surface area (Å²) in [6.45, 7) is -0.188. The van der Waals surface area contributed by atoms with E-state index in [-0.39, 0.29) is 13.2 Å². The van der Waals surface area contributed by atoms with Crippen molar-refractivity contribution in [3.05, 3.63) is 29.0 Å². The molecule has 1 fully saturated rings. The number of rotatable bonds is 5. The van der Waals surface area contributed by atoms with Crippen LogP contribution in [0.3, 0.4) is 0 Å². The molecule has 0 aliphatic carbocycles. The molecule has 1 unspecified atom stereocenters. The Morgan fingerprint density at radius 3 is 2.89 bits per heavy atom. The highest BCUT2D eigenvalue weighted by molar-refractivity contribution is 6.29. The molecule has 0 bridgehead atoms. The molecular formula is C11H12ClF2N3O2. The van der Waals surface area contributed by atoms with Gasteiger partial charge >= 0.3 is 6.09 Å². The molecule has 1 aromatic heterocycles. The molecule has 1 atom stereocenters. The maximum absolute atomic E-state index is 12.6. The summed E-state index contributed by atoms with van der Waals surface area (Å²) in [5.74, 6) is 0. The number of cyclic esters (lactones) is 1. The molecule has 2 heterocycles. The fourth-order valence-electron chi connectivity index (χ4n) is 1.78. The maximum Gasteiger partial charge on any atom is 0.408 e. The van der Waals surface area contributed by atoms with Crippen LogP contribution in [-0.2, 0) is 11.3 Å². The number of nitrogens with zero attached hydrogens (tertiary/aromatic N) is 2. The molecule has 1 N–H and O–H groups in total. The molecule has 5 nitrogen and oxygen atoms in total. The van der Waals surface area contributed by atoms with E-state index in [1.165, 1.54) is 11.1 Å². The fourth-order valence-corrected chi connectivity index (χ4v) is 1.90. The van der Waals surface area contributed by atoms with Crippen LogP contribution in [0.2, 0.25) is 5.15 Å². The van der Waals surface area contributed by atoms with Gasteiger partial charge in [-0.2, -0.15) is 0 Å². The molecule has 0 aromatic carbocycles. The minimum absolute atomic E-state index is 0.0482. The number of nitrogens with one attached hydrogen (secondary N) is 1. The smallest absolute Gasteiger partial charge is 0.408 e. The number of alkyl carbamates (subject to hydrolysis) is 1. The minimum Gasteiger partial charge on any atom is -0.446 e. The molecule has 1 aromatic rings. The van der Waals surface area contributed by atoms with Crippen LogP contribution in [0.1, 0.15) is 5.56 Å². The number of amides is 1. The molecule has 8 heteroatoms. The fraction of sp³-hybridized carbons (Fsp3) is 0.455. The van der Waals surface area contributed by atoms with Crippen molar-refractivity contribution in [1.82, 2.24) is 15.2 Å². The maximum atomic E-state index is 12.6. The van der Waals surface area contributed by atoms with Crippen molar-refractivity contribution in [2.75, 3.05) is 13.2 Å². The largest absolute Gasteiger partial charge is 0.446 e. The lowest BCUT2D eigenvalue weighted by molar-refractivity contribution is 0.0524. The first-order valence-corrected chi connectivity index (χ1v) is 5.98. The Kier molecular flexibility index (Phi) is 4.49. The lowest BCUT2D eigenvalue weighted by Crippen LogP contribution is -2.46. The van der Waals surface area contributed by atoms with Crippen LogP contribution in [0.15, 0.2) is 18.3 Å². The highest BCUT2D eigenvalue weighted by Crippen LogP contribution is 2.13. The highest BCUT2D eigenvalue weighted by Gasteiger charge is 2.29. The Bertz CT molecular complexity index is 444. The molecule has 0 spiro atoms. The summed E-state index contributed by atoms with van der Waals surface area (Å²) >= 11 is 5.66. The topological polar surface area (TPSA) is 54.5 Å². The third-order valence-electron chi connectivity index (χ3n) is 2.64. The number of alkyl halides is 2. The number of carbonyl (C=O) groups is 1. The number of aromatic nitrogens is 1. The van der Waals surface area contributed by atoms with Gasteiger partial charge in [-0.25, -0.2) is 18.6 Å². The lowest BCUT2D eigenvalue weighted by atomic mass is 10.2. The zero-order chi connectivity index (χ0) is 13.8. The van der Waals surface area contributed by atoms with Crippen LogP contribution in [0.25, 0.3) is 0 Å². The third-order valence-corrected chi connectivity index (χ3v) is 2.87. The first-order chi connectivity index (χ1) is 9.04. The van der Waals surface area contributed by atoms with Gasteiger partial charge < -0.3 is 10.1 Å². The predicted octanol–water partition coefficient (Wildman–Crippen LogP) is 1.87. The Morgan fingerprint density at radius 1 is 1.58 bits per heavy atom. The van der Waals surface area contributed by atoms with Crippen molar-refractivity contribution in [3.63, 3.8) is 0 Å². The normalized spacial score (nSPS) is 18.8. The van der Waals surface area contributed by atoms with Gasteiger partial charge in [-0.1, -0.05) is 17.7 Å². The SMILES string of the molecule is O=C1NC(N(Cc2ccc(Cl)nc2)CC(F)F)CO1. The van der Waals surface area contributed by atoms with Gasteiger partial charge in [0.25, 0.3) is 6.43 Å². The molecule has 1 saturated heterocycles. The Balaban J connectivity index is 2.04. The molecule has 0 radical (unpaired) electrons. The van der Waals surface area contributed by atoms with Crippen molar-refractivity contribution in [2.45, 2.75) is 19.1 Å². The van der Waals surface area contributed by atoms with E-state index in [0.29, 0.717) is 5.15 Å². The number of carbonyl (C=O) groups excluding carboxylic acids is 1. The second-order valence-electron chi connectivity index (χ2n) is 4.07. The van der Waals surface area contributed by atoms with E-state index in [2.05, 4.69) is 10.3 Å². The van der Waals surface area contributed by atoms with E-state index in [4.69, 9.17) is 16.3 Å². The van der Waals surface area contributed by atoms with Gasteiger partial charge in [-0.15, -0.1) is 0 Å². The van der Waals surface area contributed by atoms with Crippen molar-refractivity contribution in [2.24, 2.45) is 0 Å². The van der Waals surface area contributed by atoms with Crippen LogP contribution in [0, 0.1) is 0 Å². The molecule has 1 amide bonds. The lowest BCUT2D eigenvalue weighted by Gasteiger charge is -2.26. The van der Waals surface area contributed by atoms with E-state index in [1.54, 1.807) is 12.1 Å². The first-order valence-electron chi connectivity index (χ1n) is 5.60. The third kappa shape index (κ3) is 4.00. The second-order valence-corrected chi connectivity index (χ2v) is 4.46. The van der Waals surface area contributed by atoms with Crippen molar-refractivity contribution >= 4 is 17.7 Å². The van der Waals surface area contributed by atoms with Crippen LogP contribution < -0.4 is 5.32 Å². The molecule has 1 aliphatic rings. The number of pyridine rings is 1. The Labute approximate surface area is 113 Å². The summed E-state index contributed by atoms with van der Waals surface area (Å²) in [6.07, 6.45) is -2.15. The van der Waals surface area contributed by atoms with Crippen LogP contribution >= 0.6 is 11.6 Å². The van der Waals surface area contributed by atoms with Crippen molar-refractivity contribution < 1.29 is 18.3 Å². The zero-order valence-corrected chi connectivity index (χ0v) is 10.6. The van der Waals surface area contributed by atoms with Gasteiger partial charge in [0, 0.05) is 12.7 Å². The summed E-state index contributed by atoms with van der Waals surface area (Å²) in [5, 5.41) is 2.81. The zero-order valence-electron chi connectivity index (χ0n) is 9.85. The molecular weight excluding hydrogens is 280 g/mol. The summed E-state index contributed by atoms with van der Waals surface area (Å²) in [5.41, 5.74) is 0.728. The Hall–Kier alpha value is -1.47. The van der Waals surface area contributed by atoms with Gasteiger partial charge in [0.05, 0.1) is 6.54 Å². The first kappa shape index (κ1) is 14.0. The molecule has 0 saturated carbocycles. The van der Waals surface area contributed by atoms with E-state index in [0.717, 1.165) is 5.56 Å². The van der Waals surface area contributed by atoms with Gasteiger partial charge in [0.1, 0.15) is 17.9 Å². The van der Waals surface area contributed by atoms with Gasteiger partial charge in [-0.05, 0) is 11.6 Å². The average Bonchev–Trinajstić information content (AvgIpc) is 2.77. The molecule has 19 heavy (non-hydrogen) atoms. The van der Waals surface area contributed by atoms with E-state index >= 15 is 0 Å². The van der Waals surface area contributed by atoms with Crippen molar-refractivity contribution in [1.29, 1.82) is 0 Å². The van der Waals surface area contributed by atoms with Crippen LogP contribution in [0.4, 0.5) is 13.6 Å². The quantitative estimate of drug-likeness (QED) is 0.842. The van der Waals surface area contributed by atoms with E-state index in [9.17, 15) is 13.6 Å². The summed E-state index contributed by atoms with van der Waals surface area (Å²) in [4.78, 5) is 16.3. The molecule has 104 valence electrons. The van der Waals surface area contributed by atoms with E-state index in [1.807, 2.05) is 0 Å². The number of hydrogen-bond acceptors (Lipinski definition) is 4. The molecule has 1 aliphatic heterocycles. The second kappa shape index (κ2) is 6.12. The number of ether oxygens (including phenoxy) is 1. The number of hydrogen-bond donors (Lipinski definition) is 1. The molecule has 2 rings (SSSR count). The average molecular weight is 292 g/mol. The summed E-state index contributed by atoms with van der Waals surface area (Å²) in [7, 11) is 0. The van der Waals surface area contributed by atoms with Crippen LogP contribution in [0.5, 0.6) is 0 Å². The van der Waals surface area contributed by atoms with Crippen molar-refractivity contribution in [3.8, 4) is 0 Å². The van der Waals surface area contributed by atoms with Gasteiger partial charge in [0.15, 0.2) is 0 Å². The van der Waals surface area contributed by atoms with Gasteiger partial charge in [-0.3, -0.25) is 4.90 Å². The highest BCUT2D eigenvalue weighted by atomic mass is 35.5. The summed E-state index contributed by atoms with van der Waals surface area (Å²) < 4.78 is 29.9. The van der Waals surface area contributed by atoms with E-state index < -0.39 is 25.2 Å². The standard InChI is InChI=1S/C11H12ClF2N3O2/c12-8-2-1-7(3-15-8)4-17(5-9(13)14)10-6-19-11(18)16-10/h1-3,9-10H,4-6H2,(H,16,18). The van der Waals surface area contributed by atoms with Gasteiger partial charge in [0.2, 0.25) is 0 Å². The number of halogens is 3. The predicted molar refractivity (Wildman–Crippen MR) is 63.9 cm³/mol. The van der Waals surface area contributed by atoms with Crippen LogP contribution in [-0.4, -0.2) is 41.7 Å². The summed E-state index contributed by atoms with van der Waals surface area (Å²) in [6, 6.07) is 3.28. The monoisotopic (exact) mass is 291 g/mol.